The molecule has 2 heterocycles. The monoisotopic (exact) mass is 279 g/mol. The molecule has 0 radical (unpaired) electrons. The third kappa shape index (κ3) is 3.50. The predicted molar refractivity (Wildman–Crippen MR) is 87.3 cm³/mol. The molecule has 0 amide bonds. The van der Waals surface area contributed by atoms with Crippen molar-refractivity contribution in [3.05, 3.63) is 66.1 Å². The molecule has 1 aromatic carbocycles. The first-order chi connectivity index (χ1) is 10.3. The molecule has 1 N–H and O–H groups in total. The molecule has 21 heavy (non-hydrogen) atoms. The highest BCUT2D eigenvalue weighted by Gasteiger charge is 2.01. The number of hydrogen-bond acceptors (Lipinski definition) is 2. The van der Waals surface area contributed by atoms with Crippen LogP contribution in [0.3, 0.4) is 0 Å². The molecule has 0 aliphatic rings. The van der Waals surface area contributed by atoms with Gasteiger partial charge in [-0.1, -0.05) is 31.2 Å². The van der Waals surface area contributed by atoms with Crippen molar-refractivity contribution in [1.29, 1.82) is 0 Å². The lowest BCUT2D eigenvalue weighted by atomic mass is 10.2. The minimum atomic E-state index is 0.818. The van der Waals surface area contributed by atoms with Crippen molar-refractivity contribution < 1.29 is 0 Å². The number of aromatic nitrogens is 2. The van der Waals surface area contributed by atoms with Gasteiger partial charge in [-0.3, -0.25) is 4.98 Å². The van der Waals surface area contributed by atoms with E-state index in [1.165, 1.54) is 17.4 Å². The highest BCUT2D eigenvalue weighted by molar-refractivity contribution is 5.78. The third-order valence-corrected chi connectivity index (χ3v) is 3.57. The Bertz CT molecular complexity index is 715. The van der Waals surface area contributed by atoms with E-state index in [9.17, 15) is 0 Å². The summed E-state index contributed by atoms with van der Waals surface area (Å²) in [7, 11) is 0. The highest BCUT2D eigenvalue weighted by Crippen LogP contribution is 2.13. The van der Waals surface area contributed by atoms with Crippen LogP contribution in [-0.4, -0.2) is 16.1 Å². The summed E-state index contributed by atoms with van der Waals surface area (Å²) in [6.07, 6.45) is 5.49. The second kappa shape index (κ2) is 6.55. The first-order valence-corrected chi connectivity index (χ1v) is 7.55. The average Bonchev–Trinajstić information content (AvgIpc) is 2.95. The number of hydrogen-bond donors (Lipinski definition) is 1. The van der Waals surface area contributed by atoms with Crippen LogP contribution in [0.4, 0.5) is 0 Å². The number of nitrogens with one attached hydrogen (secondary N) is 1. The summed E-state index contributed by atoms with van der Waals surface area (Å²) in [6, 6.07) is 14.7. The molecule has 0 fully saturated rings. The van der Waals surface area contributed by atoms with Crippen LogP contribution in [0.1, 0.15) is 24.6 Å². The van der Waals surface area contributed by atoms with Gasteiger partial charge >= 0.3 is 0 Å². The lowest BCUT2D eigenvalue weighted by Gasteiger charge is -2.04. The Morgan fingerprint density at radius 2 is 2.00 bits per heavy atom. The van der Waals surface area contributed by atoms with Crippen molar-refractivity contribution in [2.24, 2.45) is 0 Å². The summed E-state index contributed by atoms with van der Waals surface area (Å²) in [5.74, 6) is 0. The number of para-hydroxylation sites is 1. The summed E-state index contributed by atoms with van der Waals surface area (Å²) in [5, 5.41) is 4.62. The number of fused-ring (bicyclic) bond motifs is 1. The van der Waals surface area contributed by atoms with Crippen LogP contribution in [0.25, 0.3) is 10.9 Å². The van der Waals surface area contributed by atoms with Crippen molar-refractivity contribution in [1.82, 2.24) is 14.9 Å². The van der Waals surface area contributed by atoms with Gasteiger partial charge < -0.3 is 9.88 Å². The van der Waals surface area contributed by atoms with E-state index < -0.39 is 0 Å². The average molecular weight is 279 g/mol. The van der Waals surface area contributed by atoms with E-state index in [1.807, 2.05) is 12.1 Å². The molecule has 0 atom stereocenters. The fourth-order valence-corrected chi connectivity index (χ4v) is 2.49. The van der Waals surface area contributed by atoms with Gasteiger partial charge in [0.25, 0.3) is 0 Å². The second-order valence-corrected chi connectivity index (χ2v) is 5.36. The van der Waals surface area contributed by atoms with Crippen LogP contribution in [0.2, 0.25) is 0 Å². The van der Waals surface area contributed by atoms with E-state index in [0.717, 1.165) is 30.8 Å². The van der Waals surface area contributed by atoms with Gasteiger partial charge in [-0.2, -0.15) is 0 Å². The molecule has 0 spiro atoms. The van der Waals surface area contributed by atoms with E-state index in [4.69, 9.17) is 4.98 Å². The van der Waals surface area contributed by atoms with Crippen molar-refractivity contribution >= 4 is 10.9 Å². The topological polar surface area (TPSA) is 29.9 Å². The Kier molecular flexibility index (Phi) is 4.31. The maximum Gasteiger partial charge on any atom is 0.0706 e. The minimum absolute atomic E-state index is 0.818. The molecule has 0 aliphatic heterocycles. The van der Waals surface area contributed by atoms with Gasteiger partial charge in [0.15, 0.2) is 0 Å². The summed E-state index contributed by atoms with van der Waals surface area (Å²) >= 11 is 0. The summed E-state index contributed by atoms with van der Waals surface area (Å²) in [5.41, 5.74) is 3.48. The van der Waals surface area contributed by atoms with Crippen molar-refractivity contribution in [2.75, 3.05) is 6.54 Å². The van der Waals surface area contributed by atoms with Crippen LogP contribution < -0.4 is 5.32 Å². The first kappa shape index (κ1) is 13.8. The summed E-state index contributed by atoms with van der Waals surface area (Å²) in [6.45, 7) is 5.01. The van der Waals surface area contributed by atoms with Crippen molar-refractivity contribution in [3.63, 3.8) is 0 Å². The molecular formula is C18H21N3. The Labute approximate surface area is 125 Å². The fourth-order valence-electron chi connectivity index (χ4n) is 2.49. The number of pyridine rings is 1. The van der Waals surface area contributed by atoms with Gasteiger partial charge in [0.2, 0.25) is 0 Å². The molecule has 0 aliphatic carbocycles. The zero-order valence-corrected chi connectivity index (χ0v) is 12.4. The molecule has 0 unspecified atom stereocenters. The second-order valence-electron chi connectivity index (χ2n) is 5.36. The van der Waals surface area contributed by atoms with Gasteiger partial charge in [-0.15, -0.1) is 0 Å². The van der Waals surface area contributed by atoms with Gasteiger partial charge in [0.1, 0.15) is 0 Å². The van der Waals surface area contributed by atoms with Gasteiger partial charge in [-0.25, -0.2) is 0 Å². The van der Waals surface area contributed by atoms with Crippen molar-refractivity contribution in [2.45, 2.75) is 26.4 Å². The zero-order chi connectivity index (χ0) is 14.5. The van der Waals surface area contributed by atoms with E-state index in [0.29, 0.717) is 0 Å². The molecule has 3 heteroatoms. The predicted octanol–water partition coefficient (Wildman–Crippen LogP) is 3.58. The van der Waals surface area contributed by atoms with Crippen LogP contribution in [0, 0.1) is 0 Å². The quantitative estimate of drug-likeness (QED) is 0.699. The highest BCUT2D eigenvalue weighted by atomic mass is 15.0. The van der Waals surface area contributed by atoms with Gasteiger partial charge in [0, 0.05) is 24.3 Å². The maximum atomic E-state index is 4.72. The minimum Gasteiger partial charge on any atom is -0.348 e. The summed E-state index contributed by atoms with van der Waals surface area (Å²) < 4.78 is 2.19. The molecule has 3 rings (SSSR count). The van der Waals surface area contributed by atoms with Gasteiger partial charge in [-0.05, 0) is 36.7 Å². The Balaban J connectivity index is 1.70. The van der Waals surface area contributed by atoms with Crippen LogP contribution >= 0.6 is 0 Å². The standard InChI is InChI=1S/C18H21N3/c1-2-10-19-12-15-9-11-21(13-15)14-17-8-7-16-5-3-4-6-18(16)20-17/h3-9,11,13,19H,2,10,12,14H2,1H3. The number of benzene rings is 1. The molecule has 2 aromatic heterocycles. The van der Waals surface area contributed by atoms with Crippen LogP contribution in [0.5, 0.6) is 0 Å². The lowest BCUT2D eigenvalue weighted by Crippen LogP contribution is -2.13. The largest absolute Gasteiger partial charge is 0.348 e. The summed E-state index contributed by atoms with van der Waals surface area (Å²) in [4.78, 5) is 4.72. The lowest BCUT2D eigenvalue weighted by molar-refractivity contribution is 0.673. The molecule has 0 saturated carbocycles. The van der Waals surface area contributed by atoms with Crippen LogP contribution in [-0.2, 0) is 13.1 Å². The fraction of sp³-hybridized carbons (Fsp3) is 0.278. The van der Waals surface area contributed by atoms with E-state index in [1.54, 1.807) is 0 Å². The van der Waals surface area contributed by atoms with E-state index in [-0.39, 0.29) is 0 Å². The van der Waals surface area contributed by atoms with Crippen LogP contribution in [0.15, 0.2) is 54.9 Å². The maximum absolute atomic E-state index is 4.72. The van der Waals surface area contributed by atoms with Crippen molar-refractivity contribution in [3.8, 4) is 0 Å². The smallest absolute Gasteiger partial charge is 0.0706 e. The first-order valence-electron chi connectivity index (χ1n) is 7.55. The molecule has 108 valence electrons. The normalized spacial score (nSPS) is 11.1. The molecule has 3 aromatic rings. The molecule has 3 nitrogen and oxygen atoms in total. The molecule has 0 saturated heterocycles. The van der Waals surface area contributed by atoms with Gasteiger partial charge in [0.05, 0.1) is 17.8 Å². The Morgan fingerprint density at radius 1 is 1.10 bits per heavy atom. The number of nitrogens with zero attached hydrogens (tertiary/aromatic N) is 2. The number of rotatable bonds is 6. The SMILES string of the molecule is CCCNCc1ccn(Cc2ccc3ccccc3n2)c1. The van der Waals surface area contributed by atoms with E-state index in [2.05, 4.69) is 59.5 Å². The van der Waals surface area contributed by atoms with E-state index >= 15 is 0 Å². The molecular weight excluding hydrogens is 258 g/mol. The third-order valence-electron chi connectivity index (χ3n) is 3.57. The Morgan fingerprint density at radius 3 is 2.90 bits per heavy atom. The zero-order valence-electron chi connectivity index (χ0n) is 12.4. The molecule has 0 bridgehead atoms. The Hall–Kier alpha value is -2.13.